The van der Waals surface area contributed by atoms with E-state index >= 15 is 0 Å². The molecule has 0 heterocycles. The molecule has 0 aromatic heterocycles. The molecule has 0 saturated heterocycles. The average molecular weight is 446 g/mol. The van der Waals surface area contributed by atoms with E-state index in [4.69, 9.17) is 4.74 Å². The van der Waals surface area contributed by atoms with Gasteiger partial charge in [-0.05, 0) is 65.9 Å². The summed E-state index contributed by atoms with van der Waals surface area (Å²) in [5.41, 5.74) is 1.16. The zero-order valence-corrected chi connectivity index (χ0v) is 15.1. The molecule has 0 unspecified atom stereocenters. The highest BCUT2D eigenvalue weighted by molar-refractivity contribution is 14.1. The Morgan fingerprint density at radius 1 is 1.15 bits per heavy atom. The van der Waals surface area contributed by atoms with Crippen LogP contribution in [-0.4, -0.2) is 6.54 Å². The zero-order valence-electron chi connectivity index (χ0n) is 11.3. The Hall–Kier alpha value is -0.590. The van der Waals surface area contributed by atoms with Gasteiger partial charge in [-0.3, -0.25) is 0 Å². The average Bonchev–Trinajstić information content (AvgIpc) is 2.44. The summed E-state index contributed by atoms with van der Waals surface area (Å²) in [6.45, 7) is 3.98. The maximum absolute atomic E-state index is 6.06. The van der Waals surface area contributed by atoms with Crippen LogP contribution in [-0.2, 0) is 6.54 Å². The zero-order chi connectivity index (χ0) is 14.4. The van der Waals surface area contributed by atoms with E-state index in [0.717, 1.165) is 44.6 Å². The van der Waals surface area contributed by atoms with Crippen molar-refractivity contribution in [3.63, 3.8) is 0 Å². The molecule has 0 bridgehead atoms. The van der Waals surface area contributed by atoms with E-state index in [-0.39, 0.29) is 0 Å². The third-order valence-electron chi connectivity index (χ3n) is 2.82. The summed E-state index contributed by atoms with van der Waals surface area (Å²) < 4.78 is 8.24. The van der Waals surface area contributed by atoms with Crippen LogP contribution >= 0.6 is 38.5 Å². The minimum Gasteiger partial charge on any atom is -0.456 e. The first-order chi connectivity index (χ1) is 9.70. The molecule has 2 aromatic rings. The summed E-state index contributed by atoms with van der Waals surface area (Å²) in [7, 11) is 0. The van der Waals surface area contributed by atoms with Gasteiger partial charge in [-0.2, -0.15) is 0 Å². The number of rotatable bonds is 6. The van der Waals surface area contributed by atoms with Crippen LogP contribution in [0.2, 0.25) is 0 Å². The third kappa shape index (κ3) is 4.46. The fraction of sp³-hybridized carbons (Fsp3) is 0.250. The second kappa shape index (κ2) is 8.00. The minimum atomic E-state index is 0.812. The first-order valence-corrected chi connectivity index (χ1v) is 8.49. The lowest BCUT2D eigenvalue weighted by Gasteiger charge is -2.13. The van der Waals surface area contributed by atoms with Crippen LogP contribution in [0.25, 0.3) is 0 Å². The number of ether oxygens (including phenoxy) is 1. The second-order valence-electron chi connectivity index (χ2n) is 4.46. The molecule has 0 atom stereocenters. The fourth-order valence-electron chi connectivity index (χ4n) is 1.83. The summed E-state index contributed by atoms with van der Waals surface area (Å²) in [5.74, 6) is 1.80. The van der Waals surface area contributed by atoms with E-state index in [1.54, 1.807) is 0 Å². The van der Waals surface area contributed by atoms with Crippen molar-refractivity contribution in [1.82, 2.24) is 5.32 Å². The van der Waals surface area contributed by atoms with Gasteiger partial charge in [-0.25, -0.2) is 0 Å². The summed E-state index contributed by atoms with van der Waals surface area (Å²) in [6, 6.07) is 14.2. The lowest BCUT2D eigenvalue weighted by molar-refractivity contribution is 0.469. The summed E-state index contributed by atoms with van der Waals surface area (Å²) in [4.78, 5) is 0. The van der Waals surface area contributed by atoms with Crippen LogP contribution in [0.1, 0.15) is 18.9 Å². The maximum atomic E-state index is 6.06. The summed E-state index contributed by atoms with van der Waals surface area (Å²) in [5, 5.41) is 3.42. The quantitative estimate of drug-likeness (QED) is 0.478. The highest BCUT2D eigenvalue weighted by Gasteiger charge is 2.07. The Balaban J connectivity index is 2.20. The predicted molar refractivity (Wildman–Crippen MR) is 95.4 cm³/mol. The second-order valence-corrected chi connectivity index (χ2v) is 6.54. The van der Waals surface area contributed by atoms with Crippen LogP contribution in [0.3, 0.4) is 0 Å². The van der Waals surface area contributed by atoms with Gasteiger partial charge in [-0.15, -0.1) is 0 Å². The van der Waals surface area contributed by atoms with Gasteiger partial charge in [0.25, 0.3) is 0 Å². The van der Waals surface area contributed by atoms with E-state index in [9.17, 15) is 0 Å². The molecule has 106 valence electrons. The van der Waals surface area contributed by atoms with Crippen molar-refractivity contribution in [3.8, 4) is 11.5 Å². The molecule has 2 nitrogen and oxygen atoms in total. The Kier molecular flexibility index (Phi) is 6.32. The van der Waals surface area contributed by atoms with E-state index in [2.05, 4.69) is 56.8 Å². The Morgan fingerprint density at radius 3 is 2.70 bits per heavy atom. The standard InChI is InChI=1S/C16H17BrINO/c1-2-9-19-11-12-10-13(17)7-8-15(12)20-16-6-4-3-5-14(16)18/h3-8,10,19H,2,9,11H2,1H3. The Labute approximate surface area is 142 Å². The Morgan fingerprint density at radius 2 is 1.95 bits per heavy atom. The molecule has 20 heavy (non-hydrogen) atoms. The number of benzene rings is 2. The molecule has 0 aliphatic carbocycles. The van der Waals surface area contributed by atoms with Gasteiger partial charge in [-0.1, -0.05) is 35.0 Å². The van der Waals surface area contributed by atoms with Crippen LogP contribution in [0.5, 0.6) is 11.5 Å². The van der Waals surface area contributed by atoms with Crippen molar-refractivity contribution in [3.05, 3.63) is 56.1 Å². The summed E-state index contributed by atoms with van der Waals surface area (Å²) >= 11 is 5.81. The van der Waals surface area contributed by atoms with E-state index < -0.39 is 0 Å². The molecule has 2 aromatic carbocycles. The molecule has 0 amide bonds. The van der Waals surface area contributed by atoms with Gasteiger partial charge in [0.2, 0.25) is 0 Å². The topological polar surface area (TPSA) is 21.3 Å². The predicted octanol–water partition coefficient (Wildman–Crippen LogP) is 5.35. The van der Waals surface area contributed by atoms with Crippen molar-refractivity contribution in [2.24, 2.45) is 0 Å². The third-order valence-corrected chi connectivity index (χ3v) is 4.21. The van der Waals surface area contributed by atoms with Crippen LogP contribution < -0.4 is 10.1 Å². The molecular formula is C16H17BrINO. The Bertz CT molecular complexity index is 574. The molecule has 2 rings (SSSR count). The monoisotopic (exact) mass is 445 g/mol. The molecule has 0 aliphatic heterocycles. The van der Waals surface area contributed by atoms with Gasteiger partial charge in [0.05, 0.1) is 3.57 Å². The smallest absolute Gasteiger partial charge is 0.140 e. The molecule has 0 spiro atoms. The van der Waals surface area contributed by atoms with Gasteiger partial charge in [0.15, 0.2) is 0 Å². The molecule has 0 fully saturated rings. The molecular weight excluding hydrogens is 429 g/mol. The SMILES string of the molecule is CCCNCc1cc(Br)ccc1Oc1ccccc1I. The van der Waals surface area contributed by atoms with E-state index in [1.807, 2.05) is 36.4 Å². The largest absolute Gasteiger partial charge is 0.456 e. The number of para-hydroxylation sites is 1. The summed E-state index contributed by atoms with van der Waals surface area (Å²) in [6.07, 6.45) is 1.13. The van der Waals surface area contributed by atoms with Gasteiger partial charge in [0.1, 0.15) is 11.5 Å². The van der Waals surface area contributed by atoms with Crippen LogP contribution in [0, 0.1) is 3.57 Å². The van der Waals surface area contributed by atoms with E-state index in [1.165, 1.54) is 0 Å². The first-order valence-electron chi connectivity index (χ1n) is 6.62. The molecule has 0 saturated carbocycles. The first kappa shape index (κ1) is 15.8. The number of hydrogen-bond acceptors (Lipinski definition) is 2. The van der Waals surface area contributed by atoms with Crippen molar-refractivity contribution in [2.75, 3.05) is 6.54 Å². The normalized spacial score (nSPS) is 10.6. The number of hydrogen-bond donors (Lipinski definition) is 1. The lowest BCUT2D eigenvalue weighted by atomic mass is 10.2. The van der Waals surface area contributed by atoms with Crippen molar-refractivity contribution in [2.45, 2.75) is 19.9 Å². The number of halogens is 2. The van der Waals surface area contributed by atoms with Crippen LogP contribution in [0.15, 0.2) is 46.9 Å². The molecule has 0 radical (unpaired) electrons. The lowest BCUT2D eigenvalue weighted by Crippen LogP contribution is -2.14. The fourth-order valence-corrected chi connectivity index (χ4v) is 2.74. The van der Waals surface area contributed by atoms with Gasteiger partial charge in [0, 0.05) is 16.6 Å². The van der Waals surface area contributed by atoms with Crippen LogP contribution in [0.4, 0.5) is 0 Å². The molecule has 0 aliphatic rings. The molecule has 4 heteroatoms. The highest BCUT2D eigenvalue weighted by atomic mass is 127. The van der Waals surface area contributed by atoms with Gasteiger partial charge >= 0.3 is 0 Å². The molecule has 1 N–H and O–H groups in total. The van der Waals surface area contributed by atoms with Crippen molar-refractivity contribution in [1.29, 1.82) is 0 Å². The van der Waals surface area contributed by atoms with Gasteiger partial charge < -0.3 is 10.1 Å². The highest BCUT2D eigenvalue weighted by Crippen LogP contribution is 2.30. The van der Waals surface area contributed by atoms with Crippen molar-refractivity contribution >= 4 is 38.5 Å². The van der Waals surface area contributed by atoms with Crippen molar-refractivity contribution < 1.29 is 4.74 Å². The maximum Gasteiger partial charge on any atom is 0.140 e. The minimum absolute atomic E-state index is 0.812. The van der Waals surface area contributed by atoms with E-state index in [0.29, 0.717) is 0 Å². The number of nitrogens with one attached hydrogen (secondary N) is 1.